The van der Waals surface area contributed by atoms with Crippen LogP contribution in [0.2, 0.25) is 5.02 Å². The van der Waals surface area contributed by atoms with Gasteiger partial charge in [0, 0.05) is 22.0 Å². The van der Waals surface area contributed by atoms with Crippen LogP contribution in [0.1, 0.15) is 22.6 Å². The number of hydrogen-bond acceptors (Lipinski definition) is 6. The van der Waals surface area contributed by atoms with E-state index in [9.17, 15) is 9.59 Å². The van der Waals surface area contributed by atoms with Crippen molar-refractivity contribution in [1.82, 2.24) is 5.16 Å². The number of hydrogen-bond donors (Lipinski definition) is 1. The lowest BCUT2D eigenvalue weighted by Crippen LogP contribution is -2.22. The average Bonchev–Trinajstić information content (AvgIpc) is 2.88. The molecule has 25 heavy (non-hydrogen) atoms. The van der Waals surface area contributed by atoms with Crippen LogP contribution in [0, 0.1) is 20.8 Å². The smallest absolute Gasteiger partial charge is 0.316 e. The summed E-state index contributed by atoms with van der Waals surface area (Å²) in [5.74, 6) is 0.636. The Kier molecular flexibility index (Phi) is 6.90. The van der Waals surface area contributed by atoms with E-state index in [0.717, 1.165) is 22.6 Å². The number of carbonyl (C=O) groups is 2. The zero-order chi connectivity index (χ0) is 18.4. The molecule has 2 rings (SSSR count). The van der Waals surface area contributed by atoms with Crippen LogP contribution in [0.25, 0.3) is 0 Å². The highest BCUT2D eigenvalue weighted by atomic mass is 35.5. The molecule has 1 N–H and O–H groups in total. The summed E-state index contributed by atoms with van der Waals surface area (Å²) < 4.78 is 10.0. The lowest BCUT2D eigenvalue weighted by atomic mass is 10.2. The largest absolute Gasteiger partial charge is 0.455 e. The van der Waals surface area contributed by atoms with Crippen molar-refractivity contribution in [2.75, 3.05) is 17.7 Å². The van der Waals surface area contributed by atoms with E-state index in [1.54, 1.807) is 18.2 Å². The predicted octanol–water partition coefficient (Wildman–Crippen LogP) is 3.67. The molecule has 6 nitrogen and oxygen atoms in total. The van der Waals surface area contributed by atoms with Gasteiger partial charge in [0.25, 0.3) is 5.91 Å². The standard InChI is InChI=1S/C17H19ClN2O4S/c1-10-4-5-13(18)6-15(10)19-16(21)7-23-17(22)9-25-8-14-11(2)20-24-12(14)3/h4-6H,7-9H2,1-3H3,(H,19,21). The van der Waals surface area contributed by atoms with Crippen LogP contribution in [0.3, 0.4) is 0 Å². The van der Waals surface area contributed by atoms with Crippen LogP contribution in [-0.4, -0.2) is 29.4 Å². The number of nitrogens with one attached hydrogen (secondary N) is 1. The van der Waals surface area contributed by atoms with Crippen molar-refractivity contribution >= 4 is 40.9 Å². The molecule has 0 unspecified atom stereocenters. The Balaban J connectivity index is 1.72. The Morgan fingerprint density at radius 1 is 1.32 bits per heavy atom. The minimum atomic E-state index is -0.449. The highest BCUT2D eigenvalue weighted by Gasteiger charge is 2.12. The maximum Gasteiger partial charge on any atom is 0.316 e. The molecule has 134 valence electrons. The van der Waals surface area contributed by atoms with Gasteiger partial charge in [-0.05, 0) is 38.5 Å². The first-order valence-corrected chi connectivity index (χ1v) is 9.11. The van der Waals surface area contributed by atoms with Gasteiger partial charge in [-0.3, -0.25) is 9.59 Å². The quantitative estimate of drug-likeness (QED) is 0.736. The van der Waals surface area contributed by atoms with Gasteiger partial charge in [0.1, 0.15) is 5.76 Å². The molecule has 1 aromatic carbocycles. The molecule has 0 aliphatic carbocycles. The Morgan fingerprint density at radius 3 is 2.76 bits per heavy atom. The van der Waals surface area contributed by atoms with Gasteiger partial charge < -0.3 is 14.6 Å². The lowest BCUT2D eigenvalue weighted by Gasteiger charge is -2.09. The van der Waals surface area contributed by atoms with Crippen LogP contribution < -0.4 is 5.32 Å². The first kappa shape index (κ1) is 19.3. The molecule has 1 heterocycles. The fraction of sp³-hybridized carbons (Fsp3) is 0.353. The number of benzene rings is 1. The molecule has 0 radical (unpaired) electrons. The van der Waals surface area contributed by atoms with Crippen molar-refractivity contribution in [2.45, 2.75) is 26.5 Å². The molecule has 0 saturated heterocycles. The van der Waals surface area contributed by atoms with E-state index in [-0.39, 0.29) is 12.4 Å². The second-order valence-electron chi connectivity index (χ2n) is 5.46. The Hall–Kier alpha value is -1.99. The molecule has 1 aromatic heterocycles. The number of anilines is 1. The van der Waals surface area contributed by atoms with E-state index in [1.807, 2.05) is 20.8 Å². The van der Waals surface area contributed by atoms with Gasteiger partial charge in [-0.25, -0.2) is 0 Å². The number of aryl methyl sites for hydroxylation is 3. The number of aromatic nitrogens is 1. The van der Waals surface area contributed by atoms with E-state index in [0.29, 0.717) is 16.5 Å². The molecule has 0 aliphatic rings. The summed E-state index contributed by atoms with van der Waals surface area (Å²) in [7, 11) is 0. The minimum absolute atomic E-state index is 0.146. The van der Waals surface area contributed by atoms with E-state index in [1.165, 1.54) is 11.8 Å². The maximum atomic E-state index is 11.9. The Bertz CT molecular complexity index is 757. The third-order valence-corrected chi connectivity index (χ3v) is 4.65. The van der Waals surface area contributed by atoms with Crippen molar-refractivity contribution < 1.29 is 18.8 Å². The molecular formula is C17H19ClN2O4S. The first-order chi connectivity index (χ1) is 11.9. The summed E-state index contributed by atoms with van der Waals surface area (Å²) in [5, 5.41) is 7.05. The number of esters is 1. The zero-order valence-electron chi connectivity index (χ0n) is 14.2. The highest BCUT2D eigenvalue weighted by molar-refractivity contribution is 7.99. The van der Waals surface area contributed by atoms with Gasteiger partial charge in [0.2, 0.25) is 0 Å². The van der Waals surface area contributed by atoms with Crippen molar-refractivity contribution in [2.24, 2.45) is 0 Å². The monoisotopic (exact) mass is 382 g/mol. The van der Waals surface area contributed by atoms with Gasteiger partial charge in [-0.2, -0.15) is 0 Å². The van der Waals surface area contributed by atoms with E-state index in [4.69, 9.17) is 20.9 Å². The van der Waals surface area contributed by atoms with Crippen LogP contribution >= 0.6 is 23.4 Å². The molecule has 0 fully saturated rings. The number of thioether (sulfide) groups is 1. The lowest BCUT2D eigenvalue weighted by molar-refractivity contribution is -0.144. The molecule has 2 aromatic rings. The molecule has 8 heteroatoms. The van der Waals surface area contributed by atoms with Gasteiger partial charge in [-0.15, -0.1) is 11.8 Å². The van der Waals surface area contributed by atoms with E-state index >= 15 is 0 Å². The summed E-state index contributed by atoms with van der Waals surface area (Å²) >= 11 is 7.28. The third kappa shape index (κ3) is 5.79. The summed E-state index contributed by atoms with van der Waals surface area (Å²) in [6.45, 7) is 5.20. The second kappa shape index (κ2) is 8.92. The van der Waals surface area contributed by atoms with Gasteiger partial charge in [0.15, 0.2) is 6.61 Å². The molecule has 0 aliphatic heterocycles. The predicted molar refractivity (Wildman–Crippen MR) is 97.9 cm³/mol. The molecule has 0 bridgehead atoms. The summed E-state index contributed by atoms with van der Waals surface area (Å²) in [6, 6.07) is 5.19. The average molecular weight is 383 g/mol. The zero-order valence-corrected chi connectivity index (χ0v) is 15.8. The fourth-order valence-electron chi connectivity index (χ4n) is 2.05. The number of ether oxygens (including phenoxy) is 1. The van der Waals surface area contributed by atoms with Gasteiger partial charge in [0.05, 0.1) is 11.4 Å². The van der Waals surface area contributed by atoms with Crippen LogP contribution in [0.5, 0.6) is 0 Å². The van der Waals surface area contributed by atoms with Crippen molar-refractivity contribution in [3.8, 4) is 0 Å². The van der Waals surface area contributed by atoms with Crippen molar-refractivity contribution in [1.29, 1.82) is 0 Å². The van der Waals surface area contributed by atoms with E-state index in [2.05, 4.69) is 10.5 Å². The SMILES string of the molecule is Cc1ccc(Cl)cc1NC(=O)COC(=O)CSCc1c(C)noc1C. The Morgan fingerprint density at radius 2 is 2.08 bits per heavy atom. The summed E-state index contributed by atoms with van der Waals surface area (Å²) in [5.41, 5.74) is 3.27. The van der Waals surface area contributed by atoms with Crippen molar-refractivity contribution in [3.05, 3.63) is 45.8 Å². The Labute approximate surface area is 155 Å². The molecule has 0 atom stereocenters. The van der Waals surface area contributed by atoms with Crippen molar-refractivity contribution in [3.63, 3.8) is 0 Å². The van der Waals surface area contributed by atoms with Crippen LogP contribution in [0.15, 0.2) is 22.7 Å². The van der Waals surface area contributed by atoms with E-state index < -0.39 is 11.9 Å². The fourth-order valence-corrected chi connectivity index (χ4v) is 3.19. The highest BCUT2D eigenvalue weighted by Crippen LogP contribution is 2.21. The molecule has 0 spiro atoms. The number of halogens is 1. The number of amides is 1. The molecule has 0 saturated carbocycles. The van der Waals surface area contributed by atoms with Gasteiger partial charge in [-0.1, -0.05) is 22.8 Å². The normalized spacial score (nSPS) is 10.6. The topological polar surface area (TPSA) is 81.4 Å². The van der Waals surface area contributed by atoms with Crippen LogP contribution in [0.4, 0.5) is 5.69 Å². The number of rotatable bonds is 7. The maximum absolute atomic E-state index is 11.9. The minimum Gasteiger partial charge on any atom is -0.455 e. The van der Waals surface area contributed by atoms with Crippen LogP contribution in [-0.2, 0) is 20.1 Å². The molecule has 1 amide bonds. The number of nitrogens with zero attached hydrogens (tertiary/aromatic N) is 1. The first-order valence-electron chi connectivity index (χ1n) is 7.58. The number of carbonyl (C=O) groups excluding carboxylic acids is 2. The second-order valence-corrected chi connectivity index (χ2v) is 6.89. The summed E-state index contributed by atoms with van der Waals surface area (Å²) in [6.07, 6.45) is 0. The summed E-state index contributed by atoms with van der Waals surface area (Å²) in [4.78, 5) is 23.6. The third-order valence-electron chi connectivity index (χ3n) is 3.49. The molecular weight excluding hydrogens is 364 g/mol. The van der Waals surface area contributed by atoms with Gasteiger partial charge >= 0.3 is 5.97 Å².